The van der Waals surface area contributed by atoms with Crippen LogP contribution in [-0.2, 0) is 4.79 Å². The van der Waals surface area contributed by atoms with Crippen molar-refractivity contribution in [3.05, 3.63) is 0 Å². The fourth-order valence-electron chi connectivity index (χ4n) is 0.799. The lowest BCUT2D eigenvalue weighted by atomic mass is 10.1. The van der Waals surface area contributed by atoms with Gasteiger partial charge in [0.1, 0.15) is 0 Å². The smallest absolute Gasteiger partial charge is 0.222 e. The Labute approximate surface area is 68.6 Å². The summed E-state index contributed by atoms with van der Waals surface area (Å²) >= 11 is 0. The van der Waals surface area contributed by atoms with Crippen LogP contribution in [0.2, 0.25) is 0 Å². The average Bonchev–Trinajstić information content (AvgIpc) is 1.86. The second kappa shape index (κ2) is 5.13. The maximum atomic E-state index is 11.0. The van der Waals surface area contributed by atoms with Gasteiger partial charge in [-0.1, -0.05) is 0 Å². The van der Waals surface area contributed by atoms with Gasteiger partial charge in [0, 0.05) is 26.6 Å². The van der Waals surface area contributed by atoms with Crippen molar-refractivity contribution in [1.82, 2.24) is 4.90 Å². The molecule has 3 nitrogen and oxygen atoms in total. The van der Waals surface area contributed by atoms with Crippen LogP contribution in [0.25, 0.3) is 0 Å². The molecule has 1 amide bonds. The van der Waals surface area contributed by atoms with Crippen molar-refractivity contribution < 1.29 is 4.79 Å². The van der Waals surface area contributed by atoms with E-state index in [1.807, 2.05) is 6.92 Å². The molecule has 0 aromatic carbocycles. The van der Waals surface area contributed by atoms with Gasteiger partial charge in [-0.3, -0.25) is 4.79 Å². The molecule has 3 heteroatoms. The van der Waals surface area contributed by atoms with Crippen LogP contribution in [0, 0.1) is 0 Å². The lowest BCUT2D eigenvalue weighted by Gasteiger charge is -2.10. The molecule has 0 aromatic heterocycles. The zero-order valence-electron chi connectivity index (χ0n) is 7.63. The molecule has 0 aromatic rings. The highest BCUT2D eigenvalue weighted by atomic mass is 16.2. The quantitative estimate of drug-likeness (QED) is 0.651. The minimum absolute atomic E-state index is 0.186. The van der Waals surface area contributed by atoms with Crippen LogP contribution in [-0.4, -0.2) is 30.9 Å². The van der Waals surface area contributed by atoms with Crippen LogP contribution in [0.3, 0.4) is 0 Å². The molecule has 0 heterocycles. The molecule has 0 aliphatic heterocycles. The van der Waals surface area contributed by atoms with E-state index < -0.39 is 0 Å². The SMILES string of the molecule is CC(N)CCCC(=O)N(C)C. The predicted molar refractivity (Wildman–Crippen MR) is 46.2 cm³/mol. The van der Waals surface area contributed by atoms with Gasteiger partial charge in [-0.05, 0) is 19.8 Å². The van der Waals surface area contributed by atoms with Crippen LogP contribution < -0.4 is 5.73 Å². The molecule has 1 atom stereocenters. The number of nitrogens with zero attached hydrogens (tertiary/aromatic N) is 1. The molecule has 1 unspecified atom stereocenters. The van der Waals surface area contributed by atoms with Crippen molar-refractivity contribution in [2.45, 2.75) is 32.2 Å². The molecular formula is C8H18N2O. The van der Waals surface area contributed by atoms with Crippen molar-refractivity contribution in [3.8, 4) is 0 Å². The largest absolute Gasteiger partial charge is 0.349 e. The first kappa shape index (κ1) is 10.4. The van der Waals surface area contributed by atoms with Crippen LogP contribution in [0.4, 0.5) is 0 Å². The minimum atomic E-state index is 0.186. The standard InChI is InChI=1S/C8H18N2O/c1-7(9)5-4-6-8(11)10(2)3/h7H,4-6,9H2,1-3H3. The second-order valence-corrected chi connectivity index (χ2v) is 3.16. The molecule has 66 valence electrons. The number of rotatable bonds is 4. The van der Waals surface area contributed by atoms with E-state index in [1.165, 1.54) is 0 Å². The topological polar surface area (TPSA) is 46.3 Å². The summed E-state index contributed by atoms with van der Waals surface area (Å²) in [5.74, 6) is 0.186. The Morgan fingerprint density at radius 2 is 2.09 bits per heavy atom. The summed E-state index contributed by atoms with van der Waals surface area (Å²) in [6.45, 7) is 1.96. The van der Waals surface area contributed by atoms with Gasteiger partial charge in [0.2, 0.25) is 5.91 Å². The average molecular weight is 158 g/mol. The first-order valence-corrected chi connectivity index (χ1v) is 3.99. The van der Waals surface area contributed by atoms with Crippen molar-refractivity contribution in [2.24, 2.45) is 5.73 Å². The number of carbonyl (C=O) groups excluding carboxylic acids is 1. The van der Waals surface area contributed by atoms with Crippen LogP contribution >= 0.6 is 0 Å². The van der Waals surface area contributed by atoms with E-state index in [-0.39, 0.29) is 11.9 Å². The summed E-state index contributed by atoms with van der Waals surface area (Å²) < 4.78 is 0. The van der Waals surface area contributed by atoms with Gasteiger partial charge >= 0.3 is 0 Å². The maximum Gasteiger partial charge on any atom is 0.222 e. The summed E-state index contributed by atoms with van der Waals surface area (Å²) in [7, 11) is 3.54. The highest BCUT2D eigenvalue weighted by Crippen LogP contribution is 1.99. The van der Waals surface area contributed by atoms with Crippen molar-refractivity contribution in [3.63, 3.8) is 0 Å². The molecule has 0 rings (SSSR count). The fourth-order valence-corrected chi connectivity index (χ4v) is 0.799. The maximum absolute atomic E-state index is 11.0. The molecule has 0 aliphatic rings. The number of carbonyl (C=O) groups is 1. The first-order valence-electron chi connectivity index (χ1n) is 3.99. The first-order chi connectivity index (χ1) is 5.04. The molecule has 0 aliphatic carbocycles. The van der Waals surface area contributed by atoms with Crippen molar-refractivity contribution in [1.29, 1.82) is 0 Å². The van der Waals surface area contributed by atoms with Crippen LogP contribution in [0.15, 0.2) is 0 Å². The summed E-state index contributed by atoms with van der Waals surface area (Å²) in [5, 5.41) is 0. The van der Waals surface area contributed by atoms with Crippen molar-refractivity contribution in [2.75, 3.05) is 14.1 Å². The summed E-state index contributed by atoms with van der Waals surface area (Å²) in [4.78, 5) is 12.6. The van der Waals surface area contributed by atoms with E-state index in [0.29, 0.717) is 6.42 Å². The van der Waals surface area contributed by atoms with E-state index in [2.05, 4.69) is 0 Å². The van der Waals surface area contributed by atoms with E-state index in [9.17, 15) is 4.79 Å². The normalized spacial score (nSPS) is 12.7. The Balaban J connectivity index is 3.32. The van der Waals surface area contributed by atoms with Gasteiger partial charge in [0.05, 0.1) is 0 Å². The van der Waals surface area contributed by atoms with Crippen molar-refractivity contribution >= 4 is 5.91 Å². The van der Waals surface area contributed by atoms with Crippen LogP contribution in [0.5, 0.6) is 0 Å². The van der Waals surface area contributed by atoms with E-state index in [4.69, 9.17) is 5.73 Å². The number of hydrogen-bond acceptors (Lipinski definition) is 2. The summed E-state index contributed by atoms with van der Waals surface area (Å²) in [6.07, 6.45) is 2.45. The third-order valence-electron chi connectivity index (χ3n) is 1.55. The van der Waals surface area contributed by atoms with Gasteiger partial charge in [-0.2, -0.15) is 0 Å². The van der Waals surface area contributed by atoms with Gasteiger partial charge in [-0.25, -0.2) is 0 Å². The molecule has 0 bridgehead atoms. The minimum Gasteiger partial charge on any atom is -0.349 e. The zero-order chi connectivity index (χ0) is 8.85. The lowest BCUT2D eigenvalue weighted by Crippen LogP contribution is -2.22. The molecule has 0 fully saturated rings. The monoisotopic (exact) mass is 158 g/mol. The van der Waals surface area contributed by atoms with Gasteiger partial charge in [0.15, 0.2) is 0 Å². The van der Waals surface area contributed by atoms with Crippen LogP contribution in [0.1, 0.15) is 26.2 Å². The molecular weight excluding hydrogens is 140 g/mol. The van der Waals surface area contributed by atoms with Gasteiger partial charge in [-0.15, -0.1) is 0 Å². The highest BCUT2D eigenvalue weighted by molar-refractivity contribution is 5.75. The summed E-state index contributed by atoms with van der Waals surface area (Å²) in [6, 6.07) is 0.213. The third kappa shape index (κ3) is 5.85. The molecule has 0 radical (unpaired) electrons. The third-order valence-corrected chi connectivity index (χ3v) is 1.55. The highest BCUT2D eigenvalue weighted by Gasteiger charge is 2.03. The molecule has 0 spiro atoms. The molecule has 2 N–H and O–H groups in total. The second-order valence-electron chi connectivity index (χ2n) is 3.16. The molecule has 11 heavy (non-hydrogen) atoms. The number of hydrogen-bond donors (Lipinski definition) is 1. The number of nitrogens with two attached hydrogens (primary N) is 1. The molecule has 0 saturated heterocycles. The van der Waals surface area contributed by atoms with Gasteiger partial charge < -0.3 is 10.6 Å². The Morgan fingerprint density at radius 1 is 1.55 bits per heavy atom. The molecule has 0 saturated carbocycles. The lowest BCUT2D eigenvalue weighted by molar-refractivity contribution is -0.128. The Hall–Kier alpha value is -0.570. The fraction of sp³-hybridized carbons (Fsp3) is 0.875. The summed E-state index contributed by atoms with van der Waals surface area (Å²) in [5.41, 5.74) is 5.53. The van der Waals surface area contributed by atoms with E-state index >= 15 is 0 Å². The van der Waals surface area contributed by atoms with E-state index in [1.54, 1.807) is 19.0 Å². The Kier molecular flexibility index (Phi) is 4.86. The Morgan fingerprint density at radius 3 is 2.45 bits per heavy atom. The number of amides is 1. The Bertz CT molecular complexity index is 121. The van der Waals surface area contributed by atoms with E-state index in [0.717, 1.165) is 12.8 Å². The zero-order valence-corrected chi connectivity index (χ0v) is 7.63. The predicted octanol–water partition coefficient (Wildman–Crippen LogP) is 0.592. The van der Waals surface area contributed by atoms with Gasteiger partial charge in [0.25, 0.3) is 0 Å².